The van der Waals surface area contributed by atoms with Crippen LogP contribution in [0.2, 0.25) is 0 Å². The fourth-order valence-electron chi connectivity index (χ4n) is 2.18. The van der Waals surface area contributed by atoms with Crippen molar-refractivity contribution in [3.05, 3.63) is 28.9 Å². The molecule has 1 aromatic rings. The van der Waals surface area contributed by atoms with Crippen molar-refractivity contribution >= 4 is 27.7 Å². The zero-order chi connectivity index (χ0) is 14.7. The van der Waals surface area contributed by atoms with E-state index < -0.39 is 0 Å². The van der Waals surface area contributed by atoms with Crippen molar-refractivity contribution in [3.8, 4) is 5.75 Å². The van der Waals surface area contributed by atoms with Gasteiger partial charge in [0, 0.05) is 6.61 Å². The number of methoxy groups -OCH3 is 1. The average molecular weight is 341 g/mol. The molecule has 20 heavy (non-hydrogen) atoms. The maximum Gasteiger partial charge on any atom is 0.231 e. The molecule has 2 rings (SSSR count). The number of halogens is 1. The van der Waals surface area contributed by atoms with Gasteiger partial charge in [0.1, 0.15) is 11.6 Å². The maximum absolute atomic E-state index is 12.3. The molecule has 1 fully saturated rings. The lowest BCUT2D eigenvalue weighted by Crippen LogP contribution is -2.30. The number of nitrogens with one attached hydrogen (secondary N) is 1. The molecule has 0 aliphatic carbocycles. The topological polar surface area (TPSA) is 60.5 Å². The van der Waals surface area contributed by atoms with E-state index in [4.69, 9.17) is 9.47 Å². The first kappa shape index (κ1) is 15.0. The predicted molar refractivity (Wildman–Crippen MR) is 79.8 cm³/mol. The molecule has 1 N–H and O–H groups in total. The predicted octanol–water partition coefficient (Wildman–Crippen LogP) is 2.77. The van der Waals surface area contributed by atoms with Gasteiger partial charge in [-0.2, -0.15) is 0 Å². The minimum absolute atomic E-state index is 0.103. The van der Waals surface area contributed by atoms with E-state index in [0.29, 0.717) is 29.1 Å². The Hall–Kier alpha value is -1.40. The molecular formula is C14H17BrN2O3. The number of ether oxygens (including phenoxy) is 2. The molecule has 0 radical (unpaired) electrons. The second kappa shape index (κ2) is 6.37. The highest BCUT2D eigenvalue weighted by atomic mass is 79.9. The maximum atomic E-state index is 12.3. The molecule has 1 amide bonds. The molecule has 2 heterocycles. The van der Waals surface area contributed by atoms with Crippen LogP contribution >= 0.6 is 15.9 Å². The third-order valence-corrected chi connectivity index (χ3v) is 3.81. The number of carbonyl (C=O) groups is 1. The fraction of sp³-hybridized carbons (Fsp3) is 0.429. The van der Waals surface area contributed by atoms with E-state index in [0.717, 1.165) is 5.57 Å². The van der Waals surface area contributed by atoms with Gasteiger partial charge in [-0.3, -0.25) is 4.79 Å². The average Bonchev–Trinajstić information content (AvgIpc) is 2.90. The summed E-state index contributed by atoms with van der Waals surface area (Å²) in [6, 6.07) is 1.75. The summed E-state index contributed by atoms with van der Waals surface area (Å²) in [5, 5.41) is 2.81. The SMILES string of the molecule is C=C(C)[C@H]1OCC[C@H]1C(=O)Nc1ncc(OC)cc1Br. The van der Waals surface area contributed by atoms with Gasteiger partial charge >= 0.3 is 0 Å². The lowest BCUT2D eigenvalue weighted by atomic mass is 9.96. The van der Waals surface area contributed by atoms with Crippen LogP contribution in [0.1, 0.15) is 13.3 Å². The highest BCUT2D eigenvalue weighted by molar-refractivity contribution is 9.10. The molecule has 6 heteroatoms. The molecule has 5 nitrogen and oxygen atoms in total. The van der Waals surface area contributed by atoms with Crippen molar-refractivity contribution in [2.24, 2.45) is 5.92 Å². The van der Waals surface area contributed by atoms with E-state index in [9.17, 15) is 4.79 Å². The summed E-state index contributed by atoms with van der Waals surface area (Å²) in [6.07, 6.45) is 2.03. The van der Waals surface area contributed by atoms with Crippen molar-refractivity contribution in [3.63, 3.8) is 0 Å². The summed E-state index contributed by atoms with van der Waals surface area (Å²) in [5.74, 6) is 0.777. The lowest BCUT2D eigenvalue weighted by Gasteiger charge is -2.18. The van der Waals surface area contributed by atoms with Gasteiger partial charge in [0.25, 0.3) is 0 Å². The van der Waals surface area contributed by atoms with Crippen molar-refractivity contribution < 1.29 is 14.3 Å². The third kappa shape index (κ3) is 3.19. The minimum Gasteiger partial charge on any atom is -0.495 e. The number of carbonyl (C=O) groups excluding carboxylic acids is 1. The molecule has 108 valence electrons. The van der Waals surface area contributed by atoms with Crippen LogP contribution in [0.15, 0.2) is 28.9 Å². The van der Waals surface area contributed by atoms with Gasteiger partial charge in [-0.1, -0.05) is 12.2 Å². The number of aromatic nitrogens is 1. The fourth-order valence-corrected chi connectivity index (χ4v) is 2.60. The summed E-state index contributed by atoms with van der Waals surface area (Å²) in [4.78, 5) is 16.5. The number of anilines is 1. The molecular weight excluding hydrogens is 324 g/mol. The highest BCUT2D eigenvalue weighted by Crippen LogP contribution is 2.29. The molecule has 0 unspecified atom stereocenters. The van der Waals surface area contributed by atoms with Gasteiger partial charge < -0.3 is 14.8 Å². The molecule has 0 saturated carbocycles. The Bertz CT molecular complexity index is 533. The second-order valence-electron chi connectivity index (χ2n) is 4.73. The van der Waals surface area contributed by atoms with E-state index >= 15 is 0 Å². The van der Waals surface area contributed by atoms with Gasteiger partial charge in [-0.05, 0) is 35.3 Å². The van der Waals surface area contributed by atoms with Gasteiger partial charge in [-0.25, -0.2) is 4.98 Å². The molecule has 1 saturated heterocycles. The van der Waals surface area contributed by atoms with E-state index in [1.807, 2.05) is 6.92 Å². The smallest absolute Gasteiger partial charge is 0.231 e. The van der Waals surface area contributed by atoms with Crippen LogP contribution in [-0.2, 0) is 9.53 Å². The number of hydrogen-bond acceptors (Lipinski definition) is 4. The normalized spacial score (nSPS) is 21.6. The van der Waals surface area contributed by atoms with Crippen LogP contribution in [0.3, 0.4) is 0 Å². The van der Waals surface area contributed by atoms with Gasteiger partial charge in [-0.15, -0.1) is 0 Å². The number of rotatable bonds is 4. The summed E-state index contributed by atoms with van der Waals surface area (Å²) in [7, 11) is 1.56. The van der Waals surface area contributed by atoms with Crippen molar-refractivity contribution in [2.45, 2.75) is 19.4 Å². The zero-order valence-electron chi connectivity index (χ0n) is 11.5. The van der Waals surface area contributed by atoms with Crippen molar-refractivity contribution in [2.75, 3.05) is 19.0 Å². The highest BCUT2D eigenvalue weighted by Gasteiger charge is 2.34. The number of amides is 1. The number of pyridine rings is 1. The standard InChI is InChI=1S/C14H17BrN2O3/c1-8(2)12-10(4-5-20-12)14(18)17-13-11(15)6-9(19-3)7-16-13/h6-7,10,12H,1,4-5H2,2-3H3,(H,16,17,18)/t10-,12-/m1/s1. The molecule has 2 atom stereocenters. The van der Waals surface area contributed by atoms with E-state index in [-0.39, 0.29) is 17.9 Å². The van der Waals surface area contributed by atoms with Crippen LogP contribution in [0.4, 0.5) is 5.82 Å². The van der Waals surface area contributed by atoms with E-state index in [2.05, 4.69) is 32.8 Å². The van der Waals surface area contributed by atoms with E-state index in [1.54, 1.807) is 19.4 Å². The Labute approximate surface area is 126 Å². The molecule has 1 aliphatic rings. The number of nitrogens with zero attached hydrogens (tertiary/aromatic N) is 1. The van der Waals surface area contributed by atoms with Crippen LogP contribution in [-0.4, -0.2) is 30.7 Å². The van der Waals surface area contributed by atoms with Crippen LogP contribution in [0.5, 0.6) is 5.75 Å². The first-order chi connectivity index (χ1) is 9.52. The summed E-state index contributed by atoms with van der Waals surface area (Å²) in [5.41, 5.74) is 0.865. The van der Waals surface area contributed by atoms with Crippen molar-refractivity contribution in [1.29, 1.82) is 0 Å². The molecule has 1 aliphatic heterocycles. The third-order valence-electron chi connectivity index (χ3n) is 3.21. The summed E-state index contributed by atoms with van der Waals surface area (Å²) < 4.78 is 11.3. The first-order valence-electron chi connectivity index (χ1n) is 6.30. The van der Waals surface area contributed by atoms with Gasteiger partial charge in [0.15, 0.2) is 0 Å². The molecule has 0 bridgehead atoms. The number of hydrogen-bond donors (Lipinski definition) is 1. The first-order valence-corrected chi connectivity index (χ1v) is 7.09. The lowest BCUT2D eigenvalue weighted by molar-refractivity contribution is -0.120. The summed E-state index contributed by atoms with van der Waals surface area (Å²) >= 11 is 3.36. The van der Waals surface area contributed by atoms with Crippen LogP contribution in [0.25, 0.3) is 0 Å². The second-order valence-corrected chi connectivity index (χ2v) is 5.58. The molecule has 0 spiro atoms. The monoisotopic (exact) mass is 340 g/mol. The minimum atomic E-state index is -0.219. The Morgan fingerprint density at radius 3 is 3.00 bits per heavy atom. The Morgan fingerprint density at radius 1 is 1.65 bits per heavy atom. The Kier molecular flexibility index (Phi) is 4.77. The van der Waals surface area contributed by atoms with Crippen molar-refractivity contribution in [1.82, 2.24) is 4.98 Å². The quantitative estimate of drug-likeness (QED) is 0.856. The van der Waals surface area contributed by atoms with Crippen LogP contribution in [0, 0.1) is 5.92 Å². The zero-order valence-corrected chi connectivity index (χ0v) is 13.1. The Morgan fingerprint density at radius 2 is 2.40 bits per heavy atom. The molecule has 0 aromatic carbocycles. The van der Waals surface area contributed by atoms with Crippen LogP contribution < -0.4 is 10.1 Å². The van der Waals surface area contributed by atoms with Gasteiger partial charge in [0.2, 0.25) is 5.91 Å². The largest absolute Gasteiger partial charge is 0.495 e. The summed E-state index contributed by atoms with van der Waals surface area (Å²) in [6.45, 7) is 6.32. The van der Waals surface area contributed by atoms with E-state index in [1.165, 1.54) is 0 Å². The molecule has 1 aromatic heterocycles. The van der Waals surface area contributed by atoms with Gasteiger partial charge in [0.05, 0.1) is 29.8 Å². The Balaban J connectivity index is 2.10.